The van der Waals surface area contributed by atoms with Crippen LogP contribution in [0, 0.1) is 0 Å². The van der Waals surface area contributed by atoms with Gasteiger partial charge >= 0.3 is 0 Å². The molecular weight excluding hydrogens is 670 g/mol. The molecule has 3 aliphatic carbocycles. The Morgan fingerprint density at radius 2 is 0.736 bits per heavy atom. The molecule has 6 aromatic carbocycles. The van der Waals surface area contributed by atoms with Gasteiger partial charge in [0.25, 0.3) is 0 Å². The molecule has 0 saturated carbocycles. The smallest absolute Gasteiger partial charge is 0.195 e. The highest BCUT2D eigenvalue weighted by Gasteiger charge is 2.38. The number of anilines is 1. The lowest BCUT2D eigenvalue weighted by atomic mass is 9.77. The van der Waals surface area contributed by atoms with Crippen molar-refractivity contribution in [1.29, 1.82) is 0 Å². The van der Waals surface area contributed by atoms with Crippen LogP contribution in [0.5, 0.6) is 0 Å². The Balaban J connectivity index is 1.11. The number of nitrogen functional groups attached to an aromatic ring is 1. The topological polar surface area (TPSA) is 163 Å². The van der Waals surface area contributed by atoms with Crippen molar-refractivity contribution >= 4 is 52.0 Å². The van der Waals surface area contributed by atoms with Gasteiger partial charge in [-0.15, -0.1) is 0 Å². The molecule has 0 aliphatic heterocycles. The molecule has 0 radical (unpaired) electrons. The van der Waals surface area contributed by atoms with Crippen LogP contribution in [0.25, 0.3) is 0 Å². The van der Waals surface area contributed by atoms with Crippen LogP contribution in [0.15, 0.2) is 115 Å². The third-order valence-corrected chi connectivity index (χ3v) is 10.0. The summed E-state index contributed by atoms with van der Waals surface area (Å²) < 4.78 is 0. The maximum Gasteiger partial charge on any atom is 0.195 e. The van der Waals surface area contributed by atoms with Gasteiger partial charge in [0.2, 0.25) is 0 Å². The second-order valence-electron chi connectivity index (χ2n) is 13.0. The molecule has 6 aromatic rings. The fraction of sp³-hybridized carbons (Fsp3) is 0. The minimum atomic E-state index is -0.721. The number of nitrogens with two attached hydrogens (primary N) is 1. The zero-order valence-electron chi connectivity index (χ0n) is 27.3. The first-order valence-corrected chi connectivity index (χ1v) is 16.5. The van der Waals surface area contributed by atoms with Crippen LogP contribution < -0.4 is 5.73 Å². The second kappa shape index (κ2) is 11.2. The van der Waals surface area contributed by atoms with Crippen LogP contribution >= 0.6 is 0 Å². The zero-order chi connectivity index (χ0) is 36.9. The normalized spacial score (nSPS) is 13.7. The van der Waals surface area contributed by atoms with Crippen molar-refractivity contribution in [2.75, 3.05) is 5.73 Å². The number of hydrogen-bond acceptors (Lipinski definition) is 9. The molecule has 0 atom stereocenters. The van der Waals surface area contributed by atoms with E-state index in [9.17, 15) is 38.4 Å². The highest BCUT2D eigenvalue weighted by atomic mass is 16.2. The molecule has 9 heteroatoms. The van der Waals surface area contributed by atoms with Crippen molar-refractivity contribution in [3.05, 3.63) is 204 Å². The van der Waals surface area contributed by atoms with Gasteiger partial charge in [-0.25, -0.2) is 0 Å². The molecule has 0 bridgehead atoms. The molecule has 0 amide bonds. The molecule has 0 unspecified atom stereocenters. The van der Waals surface area contributed by atoms with Gasteiger partial charge in [0.1, 0.15) is 0 Å². The van der Waals surface area contributed by atoms with E-state index in [1.807, 2.05) is 0 Å². The summed E-state index contributed by atoms with van der Waals surface area (Å²) in [5.74, 6) is -4.37. The maximum atomic E-state index is 14.3. The Kier molecular flexibility index (Phi) is 6.67. The van der Waals surface area contributed by atoms with Crippen molar-refractivity contribution < 1.29 is 38.4 Å². The lowest BCUT2D eigenvalue weighted by molar-refractivity contribution is 0.0963. The van der Waals surface area contributed by atoms with Crippen molar-refractivity contribution in [2.24, 2.45) is 0 Å². The van der Waals surface area contributed by atoms with Gasteiger partial charge in [-0.2, -0.15) is 0 Å². The van der Waals surface area contributed by atoms with Gasteiger partial charge in [0, 0.05) is 94.7 Å². The first kappa shape index (κ1) is 31.5. The number of benzene rings is 6. The molecule has 9 nitrogen and oxygen atoms in total. The third kappa shape index (κ3) is 4.44. The Morgan fingerprint density at radius 1 is 0.340 bits per heavy atom. The molecule has 0 aromatic heterocycles. The minimum absolute atomic E-state index is 0.00297. The predicted molar refractivity (Wildman–Crippen MR) is 191 cm³/mol. The van der Waals surface area contributed by atoms with E-state index in [-0.39, 0.29) is 106 Å². The van der Waals surface area contributed by atoms with Crippen molar-refractivity contribution in [1.82, 2.24) is 0 Å². The number of carbonyl (C=O) groups is 8. The van der Waals surface area contributed by atoms with Gasteiger partial charge < -0.3 is 5.73 Å². The van der Waals surface area contributed by atoms with Gasteiger partial charge in [0.05, 0.1) is 0 Å². The van der Waals surface area contributed by atoms with Crippen LogP contribution in [0.3, 0.4) is 0 Å². The summed E-state index contributed by atoms with van der Waals surface area (Å²) in [7, 11) is 0. The molecule has 0 fully saturated rings. The first-order chi connectivity index (χ1) is 25.5. The number of hydrogen-bond donors (Lipinski definition) is 1. The third-order valence-electron chi connectivity index (χ3n) is 10.0. The average Bonchev–Trinajstić information content (AvgIpc) is 3.19. The largest absolute Gasteiger partial charge is 0.399 e. The van der Waals surface area contributed by atoms with E-state index < -0.39 is 34.7 Å². The van der Waals surface area contributed by atoms with Crippen LogP contribution in [0.2, 0.25) is 0 Å². The number of fused-ring (bicyclic) bond motifs is 6. The molecule has 0 spiro atoms. The second-order valence-corrected chi connectivity index (χ2v) is 13.0. The average molecular weight is 692 g/mol. The van der Waals surface area contributed by atoms with Crippen molar-refractivity contribution in [3.8, 4) is 0 Å². The summed E-state index contributed by atoms with van der Waals surface area (Å²) >= 11 is 0. The molecule has 53 heavy (non-hydrogen) atoms. The monoisotopic (exact) mass is 691 g/mol. The van der Waals surface area contributed by atoms with E-state index in [1.165, 1.54) is 78.9 Å². The summed E-state index contributed by atoms with van der Waals surface area (Å²) in [4.78, 5) is 110. The molecule has 9 rings (SSSR count). The van der Waals surface area contributed by atoms with E-state index in [4.69, 9.17) is 5.73 Å². The van der Waals surface area contributed by atoms with Gasteiger partial charge in [-0.1, -0.05) is 78.9 Å². The quantitative estimate of drug-likeness (QED) is 0.171. The Hall–Kier alpha value is -7.52. The fourth-order valence-corrected chi connectivity index (χ4v) is 7.50. The summed E-state index contributed by atoms with van der Waals surface area (Å²) in [5, 5.41) is 0. The predicted octanol–water partition coefficient (Wildman–Crippen LogP) is 6.06. The van der Waals surface area contributed by atoms with E-state index >= 15 is 0 Å². The highest BCUT2D eigenvalue weighted by Crippen LogP contribution is 2.36. The highest BCUT2D eigenvalue weighted by molar-refractivity contribution is 6.36. The number of ketones is 8. The summed E-state index contributed by atoms with van der Waals surface area (Å²) in [6.45, 7) is 0. The molecular formula is C44H21NO8. The molecule has 250 valence electrons. The molecule has 0 saturated heterocycles. The van der Waals surface area contributed by atoms with E-state index in [2.05, 4.69) is 0 Å². The van der Waals surface area contributed by atoms with E-state index in [1.54, 1.807) is 36.4 Å². The van der Waals surface area contributed by atoms with Crippen molar-refractivity contribution in [2.45, 2.75) is 0 Å². The Labute approximate surface area is 299 Å². The van der Waals surface area contributed by atoms with Gasteiger partial charge in [0.15, 0.2) is 46.3 Å². The number of carbonyl (C=O) groups excluding carboxylic acids is 8. The van der Waals surface area contributed by atoms with Crippen LogP contribution in [-0.4, -0.2) is 46.3 Å². The molecule has 3 aliphatic rings. The first-order valence-electron chi connectivity index (χ1n) is 16.5. The number of rotatable bonds is 4. The summed E-state index contributed by atoms with van der Waals surface area (Å²) in [6.07, 6.45) is 0. The van der Waals surface area contributed by atoms with E-state index in [0.29, 0.717) is 0 Å². The van der Waals surface area contributed by atoms with E-state index in [0.717, 1.165) is 0 Å². The van der Waals surface area contributed by atoms with Gasteiger partial charge in [-0.3, -0.25) is 38.4 Å². The molecule has 2 N–H and O–H groups in total. The zero-order valence-corrected chi connectivity index (χ0v) is 27.3. The van der Waals surface area contributed by atoms with Crippen LogP contribution in [0.1, 0.15) is 127 Å². The van der Waals surface area contributed by atoms with Crippen LogP contribution in [0.4, 0.5) is 5.69 Å². The SMILES string of the molecule is Nc1cc(C(=O)c2ccc3c(c2)C(=O)c2ccccc2C3=O)c2c(c1)C(=O)c1c(C(=O)c3ccc4c(c3)C(=O)c3ccccc3C4=O)cccc1C2=O. The maximum absolute atomic E-state index is 14.3. The summed E-state index contributed by atoms with van der Waals surface area (Å²) in [6, 6.07) is 27.7. The van der Waals surface area contributed by atoms with Crippen LogP contribution in [-0.2, 0) is 0 Å². The van der Waals surface area contributed by atoms with Crippen molar-refractivity contribution in [3.63, 3.8) is 0 Å². The Morgan fingerprint density at radius 3 is 1.25 bits per heavy atom. The molecule has 0 heterocycles. The standard InChI is InChI=1S/C44H21NO8/c45-22-18-33(38(47)21-13-15-28-32(17-21)42(51)26-9-4-2-7-24(26)40(28)49)36-34(19-22)44(53)35-29(10-5-11-30(35)43(36)52)37(46)20-12-14-27-31(16-20)41(50)25-8-3-1-6-23(25)39(27)48/h1-19H,45H2. The minimum Gasteiger partial charge on any atom is -0.399 e. The fourth-order valence-electron chi connectivity index (χ4n) is 7.50. The Bertz CT molecular complexity index is 2840. The lowest BCUT2D eigenvalue weighted by Crippen LogP contribution is -2.27. The summed E-state index contributed by atoms with van der Waals surface area (Å²) in [5.41, 5.74) is 6.51. The lowest BCUT2D eigenvalue weighted by Gasteiger charge is -2.23. The van der Waals surface area contributed by atoms with Gasteiger partial charge in [-0.05, 0) is 36.4 Å².